The van der Waals surface area contributed by atoms with E-state index < -0.39 is 15.9 Å². The van der Waals surface area contributed by atoms with E-state index in [0.717, 1.165) is 26.9 Å². The van der Waals surface area contributed by atoms with Crippen LogP contribution in [0.15, 0.2) is 60.7 Å². The average Bonchev–Trinajstić information content (AvgIpc) is 2.74. The molecule has 0 aliphatic heterocycles. The molecule has 0 saturated carbocycles. The Bertz CT molecular complexity index is 1160. The zero-order valence-electron chi connectivity index (χ0n) is 17.1. The van der Waals surface area contributed by atoms with Gasteiger partial charge in [0.2, 0.25) is 15.9 Å². The van der Waals surface area contributed by atoms with Crippen LogP contribution < -0.4 is 19.1 Å². The summed E-state index contributed by atoms with van der Waals surface area (Å²) in [6.45, 7) is -0.0465. The number of rotatable bonds is 8. The van der Waals surface area contributed by atoms with Crippen LogP contribution in [-0.2, 0) is 21.4 Å². The average molecular weight is 429 g/mol. The van der Waals surface area contributed by atoms with Crippen LogP contribution in [-0.4, -0.2) is 41.3 Å². The zero-order valence-corrected chi connectivity index (χ0v) is 17.9. The smallest absolute Gasteiger partial charge is 0.241 e. The molecular weight excluding hydrogens is 404 g/mol. The van der Waals surface area contributed by atoms with Crippen molar-refractivity contribution in [2.24, 2.45) is 0 Å². The Morgan fingerprint density at radius 3 is 2.30 bits per heavy atom. The Balaban J connectivity index is 1.74. The quantitative estimate of drug-likeness (QED) is 0.596. The summed E-state index contributed by atoms with van der Waals surface area (Å²) in [6.07, 6.45) is 1.06. The van der Waals surface area contributed by atoms with Crippen LogP contribution in [0.1, 0.15) is 5.56 Å². The van der Waals surface area contributed by atoms with E-state index in [1.165, 1.54) is 20.3 Å². The molecule has 30 heavy (non-hydrogen) atoms. The molecule has 0 fully saturated rings. The second-order valence-electron chi connectivity index (χ2n) is 6.77. The Kier molecular flexibility index (Phi) is 6.47. The van der Waals surface area contributed by atoms with Gasteiger partial charge < -0.3 is 14.8 Å². The van der Waals surface area contributed by atoms with Gasteiger partial charge in [0.25, 0.3) is 0 Å². The van der Waals surface area contributed by atoms with E-state index in [-0.39, 0.29) is 6.54 Å². The normalized spacial score (nSPS) is 11.2. The first-order valence-electron chi connectivity index (χ1n) is 9.26. The van der Waals surface area contributed by atoms with Gasteiger partial charge in [-0.05, 0) is 34.5 Å². The fraction of sp³-hybridized carbons (Fsp3) is 0.227. The van der Waals surface area contributed by atoms with Gasteiger partial charge in [0.05, 0.1) is 26.2 Å². The molecule has 3 rings (SSSR count). The third-order valence-corrected chi connectivity index (χ3v) is 5.79. The maximum Gasteiger partial charge on any atom is 0.241 e. The van der Waals surface area contributed by atoms with Crippen molar-refractivity contribution in [3.8, 4) is 11.5 Å². The van der Waals surface area contributed by atoms with E-state index >= 15 is 0 Å². The van der Waals surface area contributed by atoms with Gasteiger partial charge in [0, 0.05) is 12.6 Å². The third-order valence-electron chi connectivity index (χ3n) is 4.65. The Hall–Kier alpha value is -3.26. The second kappa shape index (κ2) is 9.04. The highest BCUT2D eigenvalue weighted by atomic mass is 32.2. The molecule has 0 aromatic heterocycles. The highest BCUT2D eigenvalue weighted by Gasteiger charge is 2.22. The van der Waals surface area contributed by atoms with E-state index in [2.05, 4.69) is 5.32 Å². The number of methoxy groups -OCH3 is 2. The van der Waals surface area contributed by atoms with Crippen molar-refractivity contribution in [1.29, 1.82) is 0 Å². The zero-order chi connectivity index (χ0) is 21.7. The topological polar surface area (TPSA) is 84.9 Å². The van der Waals surface area contributed by atoms with Crippen molar-refractivity contribution < 1.29 is 22.7 Å². The number of carbonyl (C=O) groups is 1. The molecule has 0 aliphatic carbocycles. The summed E-state index contributed by atoms with van der Waals surface area (Å²) in [5.74, 6) is 0.430. The van der Waals surface area contributed by atoms with Crippen molar-refractivity contribution >= 4 is 32.4 Å². The van der Waals surface area contributed by atoms with Gasteiger partial charge in [-0.3, -0.25) is 9.10 Å². The first-order valence-corrected chi connectivity index (χ1v) is 11.1. The van der Waals surface area contributed by atoms with Crippen LogP contribution >= 0.6 is 0 Å². The first-order chi connectivity index (χ1) is 14.3. The second-order valence-corrected chi connectivity index (χ2v) is 8.67. The fourth-order valence-electron chi connectivity index (χ4n) is 3.12. The molecule has 0 bridgehead atoms. The summed E-state index contributed by atoms with van der Waals surface area (Å²) >= 11 is 0. The number of ether oxygens (including phenoxy) is 2. The predicted molar refractivity (Wildman–Crippen MR) is 118 cm³/mol. The molecule has 8 heteroatoms. The lowest BCUT2D eigenvalue weighted by molar-refractivity contribution is -0.119. The Morgan fingerprint density at radius 2 is 1.63 bits per heavy atom. The molecule has 0 spiro atoms. The van der Waals surface area contributed by atoms with Crippen LogP contribution in [0.25, 0.3) is 10.8 Å². The Morgan fingerprint density at radius 1 is 0.933 bits per heavy atom. The number of benzene rings is 3. The minimum atomic E-state index is -3.69. The van der Waals surface area contributed by atoms with Gasteiger partial charge in [-0.2, -0.15) is 0 Å². The molecule has 3 aromatic carbocycles. The molecule has 1 amide bonds. The number of amides is 1. The maximum atomic E-state index is 12.5. The van der Waals surface area contributed by atoms with Crippen molar-refractivity contribution in [1.82, 2.24) is 5.32 Å². The van der Waals surface area contributed by atoms with Gasteiger partial charge in [0.15, 0.2) is 11.5 Å². The number of fused-ring (bicyclic) bond motifs is 1. The number of sulfonamides is 1. The molecule has 0 saturated heterocycles. The number of hydrogen-bond acceptors (Lipinski definition) is 5. The van der Waals surface area contributed by atoms with Crippen molar-refractivity contribution in [3.63, 3.8) is 0 Å². The van der Waals surface area contributed by atoms with E-state index in [0.29, 0.717) is 23.7 Å². The summed E-state index contributed by atoms with van der Waals surface area (Å²) in [5.41, 5.74) is 1.25. The summed E-state index contributed by atoms with van der Waals surface area (Å²) in [5, 5.41) is 4.98. The van der Waals surface area contributed by atoms with Crippen LogP contribution in [0.5, 0.6) is 11.5 Å². The van der Waals surface area contributed by atoms with Gasteiger partial charge in [-0.25, -0.2) is 8.42 Å². The minimum Gasteiger partial charge on any atom is -0.493 e. The highest BCUT2D eigenvalue weighted by Crippen LogP contribution is 2.32. The van der Waals surface area contributed by atoms with Gasteiger partial charge >= 0.3 is 0 Å². The SMILES string of the molecule is COc1ccc(N(CC(=O)NCc2ccc3ccccc3c2)S(C)(=O)=O)cc1OC. The van der Waals surface area contributed by atoms with Crippen LogP contribution in [0.2, 0.25) is 0 Å². The van der Waals surface area contributed by atoms with E-state index in [1.807, 2.05) is 42.5 Å². The molecule has 0 radical (unpaired) electrons. The highest BCUT2D eigenvalue weighted by molar-refractivity contribution is 7.92. The lowest BCUT2D eigenvalue weighted by atomic mass is 10.1. The van der Waals surface area contributed by atoms with Gasteiger partial charge in [0.1, 0.15) is 6.54 Å². The number of nitrogens with one attached hydrogen (secondary N) is 1. The first kappa shape index (κ1) is 21.4. The molecule has 1 N–H and O–H groups in total. The number of nitrogens with zero attached hydrogens (tertiary/aromatic N) is 1. The van der Waals surface area contributed by atoms with Crippen LogP contribution in [0.4, 0.5) is 5.69 Å². The number of anilines is 1. The molecular formula is C22H24N2O5S. The summed E-state index contributed by atoms with van der Waals surface area (Å²) in [7, 11) is -0.740. The minimum absolute atomic E-state index is 0.299. The van der Waals surface area contributed by atoms with Crippen molar-refractivity contribution in [2.75, 3.05) is 31.3 Å². The summed E-state index contributed by atoms with van der Waals surface area (Å²) < 4.78 is 36.1. The fourth-order valence-corrected chi connectivity index (χ4v) is 3.96. The number of hydrogen-bond donors (Lipinski definition) is 1. The maximum absolute atomic E-state index is 12.5. The molecule has 0 atom stereocenters. The Labute approximate surface area is 176 Å². The third kappa shape index (κ3) is 5.01. The summed E-state index contributed by atoms with van der Waals surface area (Å²) in [4.78, 5) is 12.5. The van der Waals surface area contributed by atoms with Crippen molar-refractivity contribution in [3.05, 3.63) is 66.2 Å². The molecule has 7 nitrogen and oxygen atoms in total. The molecule has 0 unspecified atom stereocenters. The van der Waals surface area contributed by atoms with E-state index in [4.69, 9.17) is 9.47 Å². The van der Waals surface area contributed by atoms with Gasteiger partial charge in [-0.1, -0.05) is 36.4 Å². The van der Waals surface area contributed by atoms with Crippen LogP contribution in [0.3, 0.4) is 0 Å². The predicted octanol–water partition coefficient (Wildman–Crippen LogP) is 2.94. The molecule has 0 heterocycles. The molecule has 3 aromatic rings. The summed E-state index contributed by atoms with van der Waals surface area (Å²) in [6, 6.07) is 18.6. The van der Waals surface area contributed by atoms with Crippen LogP contribution in [0, 0.1) is 0 Å². The molecule has 0 aliphatic rings. The largest absolute Gasteiger partial charge is 0.493 e. The standard InChI is InChI=1S/C22H24N2O5S/c1-28-20-11-10-19(13-21(20)29-2)24(30(3,26)27)15-22(25)23-14-16-8-9-17-6-4-5-7-18(17)12-16/h4-13H,14-15H2,1-3H3,(H,23,25). The lowest BCUT2D eigenvalue weighted by Crippen LogP contribution is -2.40. The van der Waals surface area contributed by atoms with Crippen molar-refractivity contribution in [2.45, 2.75) is 6.54 Å². The number of carbonyl (C=O) groups excluding carboxylic acids is 1. The monoisotopic (exact) mass is 428 g/mol. The van der Waals surface area contributed by atoms with Gasteiger partial charge in [-0.15, -0.1) is 0 Å². The molecule has 158 valence electrons. The lowest BCUT2D eigenvalue weighted by Gasteiger charge is -2.23. The van der Waals surface area contributed by atoms with E-state index in [9.17, 15) is 13.2 Å². The van der Waals surface area contributed by atoms with E-state index in [1.54, 1.807) is 12.1 Å².